The number of hydrogen-bond acceptors (Lipinski definition) is 6. The van der Waals surface area contributed by atoms with E-state index in [2.05, 4.69) is 10.4 Å². The van der Waals surface area contributed by atoms with Crippen LogP contribution in [0.1, 0.15) is 50.8 Å². The molecule has 1 unspecified atom stereocenters. The maximum Gasteiger partial charge on any atom is 0.165 e. The first-order valence-electron chi connectivity index (χ1n) is 8.57. The first-order valence-corrected chi connectivity index (χ1v) is 8.57. The van der Waals surface area contributed by atoms with E-state index in [-0.39, 0.29) is 0 Å². The summed E-state index contributed by atoms with van der Waals surface area (Å²) in [6.07, 6.45) is 5.94. The second-order valence-corrected chi connectivity index (χ2v) is 5.92. The minimum absolute atomic E-state index is 0.408. The Balaban J connectivity index is 0.00000100. The molecular formula is C17H29N7. The third-order valence-corrected chi connectivity index (χ3v) is 4.06. The van der Waals surface area contributed by atoms with Gasteiger partial charge in [0.15, 0.2) is 5.65 Å². The van der Waals surface area contributed by atoms with Crippen molar-refractivity contribution in [3.05, 3.63) is 29.7 Å². The molecule has 132 valence electrons. The van der Waals surface area contributed by atoms with Gasteiger partial charge < -0.3 is 16.1 Å². The number of nitrogen functional groups attached to an aromatic ring is 1. The number of nitrogens with two attached hydrogens (primary N) is 2. The van der Waals surface area contributed by atoms with Crippen molar-refractivity contribution in [2.24, 2.45) is 5.84 Å². The highest BCUT2D eigenvalue weighted by molar-refractivity contribution is 5.75. The molecular weight excluding hydrogens is 302 g/mol. The zero-order valence-corrected chi connectivity index (χ0v) is 15.1. The maximum atomic E-state index is 6.16. The molecule has 0 amide bonds. The summed E-state index contributed by atoms with van der Waals surface area (Å²) in [5.41, 5.74) is 9.95. The summed E-state index contributed by atoms with van der Waals surface area (Å²) in [6.45, 7) is 8.02. The average molecular weight is 331 g/mol. The van der Waals surface area contributed by atoms with E-state index in [1.165, 1.54) is 11.4 Å². The molecule has 1 aliphatic heterocycles. The number of nitrogens with one attached hydrogen (secondary N) is 1. The van der Waals surface area contributed by atoms with Crippen molar-refractivity contribution in [3.8, 4) is 0 Å². The number of anilines is 1. The third kappa shape index (κ3) is 3.85. The van der Waals surface area contributed by atoms with Crippen LogP contribution in [0.25, 0.3) is 11.2 Å². The molecule has 0 saturated carbocycles. The Kier molecular flexibility index (Phi) is 6.16. The lowest BCUT2D eigenvalue weighted by Gasteiger charge is -2.22. The standard InChI is InChI=1S/C15H23N7.C2H6/c1-10(9-21(2)17)12-8-19-22-14(16)6-13(20-15(12)22)11-4-3-5-18-7-11;1-2/h6,8-9,11,18H,3-5,7,16-17H2,1-2H3;1-2H3/b10-9+;. The summed E-state index contributed by atoms with van der Waals surface area (Å²) in [5.74, 6) is 6.72. The number of aromatic nitrogens is 3. The van der Waals surface area contributed by atoms with Gasteiger partial charge in [-0.2, -0.15) is 9.61 Å². The van der Waals surface area contributed by atoms with Crippen LogP contribution in [-0.2, 0) is 0 Å². The van der Waals surface area contributed by atoms with E-state index in [0.29, 0.717) is 11.7 Å². The first kappa shape index (κ1) is 18.2. The Morgan fingerprint density at radius 2 is 2.21 bits per heavy atom. The molecule has 7 heteroatoms. The van der Waals surface area contributed by atoms with Crippen LogP contribution in [0, 0.1) is 0 Å². The largest absolute Gasteiger partial charge is 0.384 e. The molecule has 2 aromatic rings. The zero-order valence-electron chi connectivity index (χ0n) is 15.1. The van der Waals surface area contributed by atoms with Gasteiger partial charge in [-0.25, -0.2) is 10.8 Å². The number of nitrogens with zero attached hydrogens (tertiary/aromatic N) is 4. The van der Waals surface area contributed by atoms with Crippen LogP contribution >= 0.6 is 0 Å². The Bertz CT molecular complexity index is 696. The molecule has 3 rings (SSSR count). The predicted octanol–water partition coefficient (Wildman–Crippen LogP) is 1.97. The summed E-state index contributed by atoms with van der Waals surface area (Å²) in [4.78, 5) is 4.83. The highest BCUT2D eigenvalue weighted by Crippen LogP contribution is 2.26. The molecule has 1 saturated heterocycles. The Morgan fingerprint density at radius 1 is 1.46 bits per heavy atom. The zero-order chi connectivity index (χ0) is 17.7. The fraction of sp³-hybridized carbons (Fsp3) is 0.529. The number of rotatable bonds is 3. The average Bonchev–Trinajstić information content (AvgIpc) is 3.01. The van der Waals surface area contributed by atoms with Crippen LogP contribution in [0.4, 0.5) is 5.82 Å². The fourth-order valence-corrected chi connectivity index (χ4v) is 2.97. The number of fused-ring (bicyclic) bond motifs is 1. The van der Waals surface area contributed by atoms with E-state index in [9.17, 15) is 0 Å². The summed E-state index contributed by atoms with van der Waals surface area (Å²) in [6, 6.07) is 1.94. The van der Waals surface area contributed by atoms with E-state index in [1.807, 2.05) is 33.0 Å². The van der Waals surface area contributed by atoms with Crippen LogP contribution < -0.4 is 16.9 Å². The van der Waals surface area contributed by atoms with Crippen LogP contribution in [0.3, 0.4) is 0 Å². The lowest BCUT2D eigenvalue weighted by molar-refractivity contribution is 0.455. The van der Waals surface area contributed by atoms with E-state index in [4.69, 9.17) is 16.6 Å². The van der Waals surface area contributed by atoms with Crippen molar-refractivity contribution in [3.63, 3.8) is 0 Å². The minimum Gasteiger partial charge on any atom is -0.384 e. The normalized spacial score (nSPS) is 18.2. The van der Waals surface area contributed by atoms with Gasteiger partial charge in [0.05, 0.1) is 11.9 Å². The fourth-order valence-electron chi connectivity index (χ4n) is 2.97. The highest BCUT2D eigenvalue weighted by Gasteiger charge is 2.19. The van der Waals surface area contributed by atoms with Crippen molar-refractivity contribution in [1.29, 1.82) is 0 Å². The first-order chi connectivity index (χ1) is 11.6. The second-order valence-electron chi connectivity index (χ2n) is 5.92. The number of piperidine rings is 1. The third-order valence-electron chi connectivity index (χ3n) is 4.06. The van der Waals surface area contributed by atoms with Gasteiger partial charge in [0, 0.05) is 37.3 Å². The van der Waals surface area contributed by atoms with Gasteiger partial charge in [-0.15, -0.1) is 0 Å². The lowest BCUT2D eigenvalue weighted by Crippen LogP contribution is -2.29. The Hall–Kier alpha value is -2.12. The molecule has 0 bridgehead atoms. The quantitative estimate of drug-likeness (QED) is 0.588. The molecule has 7 nitrogen and oxygen atoms in total. The number of allylic oxidation sites excluding steroid dienone is 1. The van der Waals surface area contributed by atoms with Crippen molar-refractivity contribution in [2.45, 2.75) is 39.5 Å². The van der Waals surface area contributed by atoms with Gasteiger partial charge in [-0.3, -0.25) is 0 Å². The summed E-state index contributed by atoms with van der Waals surface area (Å²) >= 11 is 0. The summed E-state index contributed by atoms with van der Waals surface area (Å²) in [5, 5.41) is 9.29. The van der Waals surface area contributed by atoms with Crippen LogP contribution in [0.15, 0.2) is 18.5 Å². The molecule has 0 aromatic carbocycles. The molecule has 5 N–H and O–H groups in total. The van der Waals surface area contributed by atoms with Gasteiger partial charge in [-0.1, -0.05) is 13.8 Å². The monoisotopic (exact) mass is 331 g/mol. The van der Waals surface area contributed by atoms with Crippen LogP contribution in [0.5, 0.6) is 0 Å². The van der Waals surface area contributed by atoms with Gasteiger partial charge in [0.25, 0.3) is 0 Å². The molecule has 2 aromatic heterocycles. The van der Waals surface area contributed by atoms with Crippen molar-refractivity contribution >= 4 is 17.0 Å². The van der Waals surface area contributed by atoms with Crippen molar-refractivity contribution in [2.75, 3.05) is 25.9 Å². The van der Waals surface area contributed by atoms with Gasteiger partial charge in [0.1, 0.15) is 5.82 Å². The highest BCUT2D eigenvalue weighted by atomic mass is 15.4. The molecule has 1 aliphatic rings. The van der Waals surface area contributed by atoms with Crippen LogP contribution in [0.2, 0.25) is 0 Å². The topological polar surface area (TPSA) is 97.5 Å². The van der Waals surface area contributed by atoms with Gasteiger partial charge >= 0.3 is 0 Å². The smallest absolute Gasteiger partial charge is 0.165 e. The Morgan fingerprint density at radius 3 is 2.83 bits per heavy atom. The molecule has 1 fully saturated rings. The minimum atomic E-state index is 0.408. The van der Waals surface area contributed by atoms with Crippen molar-refractivity contribution < 1.29 is 0 Å². The molecule has 0 spiro atoms. The molecule has 1 atom stereocenters. The van der Waals surface area contributed by atoms with E-state index in [0.717, 1.165) is 42.0 Å². The molecule has 0 aliphatic carbocycles. The number of hydrogen-bond donors (Lipinski definition) is 3. The maximum absolute atomic E-state index is 6.16. The molecule has 0 radical (unpaired) electrons. The second kappa shape index (κ2) is 8.12. The summed E-state index contributed by atoms with van der Waals surface area (Å²) < 4.78 is 1.68. The summed E-state index contributed by atoms with van der Waals surface area (Å²) in [7, 11) is 1.79. The van der Waals surface area contributed by atoms with E-state index >= 15 is 0 Å². The number of hydrazine groups is 1. The molecule has 3 heterocycles. The van der Waals surface area contributed by atoms with Gasteiger partial charge in [-0.05, 0) is 31.9 Å². The van der Waals surface area contributed by atoms with E-state index in [1.54, 1.807) is 17.8 Å². The SMILES string of the molecule is C/C(=C\N(C)N)c1cnn2c(N)cc(C3CCCNC3)nc12.CC. The molecule has 24 heavy (non-hydrogen) atoms. The van der Waals surface area contributed by atoms with Gasteiger partial charge in [0.2, 0.25) is 0 Å². The van der Waals surface area contributed by atoms with Crippen LogP contribution in [-0.4, -0.2) is 39.7 Å². The predicted molar refractivity (Wildman–Crippen MR) is 99.2 cm³/mol. The lowest BCUT2D eigenvalue weighted by atomic mass is 9.96. The van der Waals surface area contributed by atoms with E-state index < -0.39 is 0 Å². The van der Waals surface area contributed by atoms with Crippen molar-refractivity contribution in [1.82, 2.24) is 24.9 Å². The Labute approximate surface area is 143 Å².